The first-order valence-corrected chi connectivity index (χ1v) is 12.2. The minimum Gasteiger partial charge on any atom is -0.493 e. The highest BCUT2D eigenvalue weighted by molar-refractivity contribution is 14.1. The van der Waals surface area contributed by atoms with Crippen molar-refractivity contribution >= 4 is 77.0 Å². The van der Waals surface area contributed by atoms with Crippen molar-refractivity contribution in [3.63, 3.8) is 0 Å². The molecule has 1 aromatic heterocycles. The van der Waals surface area contributed by atoms with E-state index in [4.69, 9.17) is 4.74 Å². The Morgan fingerprint density at radius 3 is 2.55 bits per heavy atom. The van der Waals surface area contributed by atoms with Crippen molar-refractivity contribution < 1.29 is 22.7 Å². The predicted molar refractivity (Wildman–Crippen MR) is 132 cm³/mol. The van der Waals surface area contributed by atoms with Gasteiger partial charge in [-0.1, -0.05) is 9.24 Å². The standard InChI is InChI=1S/C20H17F3I2N3O2P/c21-15(22)3-4-30-10-6-11(24)16(12(25)7-10)18-17(19(23)31)20(29)28(18)9-1-2-13-14(5-9)27-8-26-13/h1-2,5-8,15,17-19H,3-4,31H2,(H,26,27)/t17?,18-,19?/m0/s1. The molecule has 11 heteroatoms. The number of alkyl halides is 3. The minimum atomic E-state index is -2.43. The number of anilines is 1. The number of benzene rings is 2. The molecule has 0 spiro atoms. The maximum atomic E-state index is 14.4. The maximum absolute atomic E-state index is 14.4. The van der Waals surface area contributed by atoms with Crippen LogP contribution in [0.1, 0.15) is 18.0 Å². The van der Waals surface area contributed by atoms with Crippen LogP contribution < -0.4 is 9.64 Å². The van der Waals surface area contributed by atoms with Crippen LogP contribution in [0.2, 0.25) is 0 Å². The predicted octanol–water partition coefficient (Wildman–Crippen LogP) is 5.68. The van der Waals surface area contributed by atoms with Crippen LogP contribution in [-0.4, -0.2) is 34.8 Å². The van der Waals surface area contributed by atoms with Crippen LogP contribution >= 0.6 is 54.4 Å². The maximum Gasteiger partial charge on any atom is 0.241 e. The van der Waals surface area contributed by atoms with Gasteiger partial charge >= 0.3 is 0 Å². The number of H-pyrrole nitrogens is 1. The molecule has 0 saturated carbocycles. The number of carbonyl (C=O) groups is 1. The van der Waals surface area contributed by atoms with E-state index >= 15 is 0 Å². The van der Waals surface area contributed by atoms with E-state index < -0.39 is 24.3 Å². The van der Waals surface area contributed by atoms with Crippen LogP contribution in [0.5, 0.6) is 5.75 Å². The molecule has 31 heavy (non-hydrogen) atoms. The summed E-state index contributed by atoms with van der Waals surface area (Å²) in [5.41, 5.74) is 3.00. The second-order valence-corrected chi connectivity index (χ2v) is 10.0. The van der Waals surface area contributed by atoms with E-state index in [-0.39, 0.29) is 18.9 Å². The van der Waals surface area contributed by atoms with Gasteiger partial charge in [-0.05, 0) is 75.5 Å². The molecule has 5 nitrogen and oxygen atoms in total. The number of β-lactam (4-membered cyclic amide) rings is 1. The number of nitrogens with one attached hydrogen (secondary N) is 1. The first kappa shape index (κ1) is 23.0. The number of nitrogens with zero attached hydrogens (tertiary/aromatic N) is 2. The van der Waals surface area contributed by atoms with Gasteiger partial charge in [-0.15, -0.1) is 0 Å². The van der Waals surface area contributed by atoms with Crippen molar-refractivity contribution in [3.8, 4) is 5.75 Å². The number of hydrogen-bond donors (Lipinski definition) is 1. The zero-order chi connectivity index (χ0) is 22.3. The Morgan fingerprint density at radius 2 is 1.90 bits per heavy atom. The van der Waals surface area contributed by atoms with Crippen LogP contribution in [-0.2, 0) is 4.79 Å². The number of hydrogen-bond acceptors (Lipinski definition) is 3. The molecule has 1 saturated heterocycles. The number of rotatable bonds is 7. The quantitative estimate of drug-likeness (QED) is 0.200. The Kier molecular flexibility index (Phi) is 6.97. The van der Waals surface area contributed by atoms with Gasteiger partial charge in [-0.3, -0.25) is 4.79 Å². The molecule has 0 bridgehead atoms. The third-order valence-electron chi connectivity index (χ3n) is 5.12. The summed E-state index contributed by atoms with van der Waals surface area (Å²) in [6.07, 6.45) is -1.21. The smallest absolute Gasteiger partial charge is 0.241 e. The number of imidazole rings is 1. The number of aromatic amines is 1. The number of fused-ring (bicyclic) bond motifs is 1. The fourth-order valence-electron chi connectivity index (χ4n) is 3.68. The van der Waals surface area contributed by atoms with Gasteiger partial charge in [0.2, 0.25) is 12.3 Å². The van der Waals surface area contributed by atoms with Gasteiger partial charge in [0.1, 0.15) is 11.7 Å². The average Bonchev–Trinajstić information content (AvgIpc) is 3.14. The van der Waals surface area contributed by atoms with E-state index in [9.17, 15) is 18.0 Å². The molecule has 164 valence electrons. The van der Waals surface area contributed by atoms with E-state index in [1.807, 2.05) is 6.07 Å². The molecule has 1 N–H and O–H groups in total. The largest absolute Gasteiger partial charge is 0.493 e. The molecule has 3 aromatic rings. The summed E-state index contributed by atoms with van der Waals surface area (Å²) in [5.74, 6) is -2.08. The van der Waals surface area contributed by atoms with Gasteiger partial charge in [0, 0.05) is 24.8 Å². The van der Waals surface area contributed by atoms with Gasteiger partial charge in [0.05, 0.1) is 35.9 Å². The van der Waals surface area contributed by atoms with E-state index in [0.29, 0.717) is 17.0 Å². The molecular weight excluding hydrogens is 656 g/mol. The zero-order valence-electron chi connectivity index (χ0n) is 15.9. The van der Waals surface area contributed by atoms with E-state index in [1.54, 1.807) is 35.5 Å². The molecule has 2 heterocycles. The zero-order valence-corrected chi connectivity index (χ0v) is 21.3. The molecule has 4 atom stereocenters. The second kappa shape index (κ2) is 9.38. The molecule has 3 unspecified atom stereocenters. The Bertz CT molecular complexity index is 1100. The van der Waals surface area contributed by atoms with Crippen LogP contribution in [0.15, 0.2) is 36.7 Å². The summed E-state index contributed by atoms with van der Waals surface area (Å²) in [5, 5.41) is 0. The number of halogens is 5. The van der Waals surface area contributed by atoms with Crippen molar-refractivity contribution in [1.82, 2.24) is 9.97 Å². The minimum absolute atomic E-state index is 0.0956. The van der Waals surface area contributed by atoms with Crippen molar-refractivity contribution in [2.24, 2.45) is 5.92 Å². The lowest BCUT2D eigenvalue weighted by Gasteiger charge is -2.48. The molecule has 1 amide bonds. The number of ether oxygens (including phenoxy) is 1. The highest BCUT2D eigenvalue weighted by atomic mass is 127. The summed E-state index contributed by atoms with van der Waals surface area (Å²) in [4.78, 5) is 21.7. The van der Waals surface area contributed by atoms with E-state index in [1.165, 1.54) is 0 Å². The first-order valence-electron chi connectivity index (χ1n) is 9.33. The molecule has 1 aliphatic heterocycles. The average molecular weight is 673 g/mol. The lowest BCUT2D eigenvalue weighted by atomic mass is 9.82. The van der Waals surface area contributed by atoms with Gasteiger partial charge in [-0.25, -0.2) is 18.2 Å². The summed E-state index contributed by atoms with van der Waals surface area (Å²) >= 11 is 4.23. The van der Waals surface area contributed by atoms with Crippen molar-refractivity contribution in [2.45, 2.75) is 24.8 Å². The molecule has 2 aromatic carbocycles. The van der Waals surface area contributed by atoms with Crippen molar-refractivity contribution in [1.29, 1.82) is 0 Å². The molecular formula is C20H17F3I2N3O2P. The molecule has 0 radical (unpaired) electrons. The SMILES string of the molecule is O=C1C(C(F)P)[C@H](c2c(I)cc(OCCC(F)F)cc2I)N1c1ccc2[nH]cnc2c1. The van der Waals surface area contributed by atoms with Crippen LogP contribution in [0.25, 0.3) is 11.0 Å². The van der Waals surface area contributed by atoms with Gasteiger partial charge in [0.25, 0.3) is 0 Å². The van der Waals surface area contributed by atoms with Crippen LogP contribution in [0.4, 0.5) is 18.9 Å². The third kappa shape index (κ3) is 4.52. The van der Waals surface area contributed by atoms with Crippen LogP contribution in [0.3, 0.4) is 0 Å². The normalized spacial score (nSPS) is 19.7. The summed E-state index contributed by atoms with van der Waals surface area (Å²) < 4.78 is 46.2. The summed E-state index contributed by atoms with van der Waals surface area (Å²) in [6.45, 7) is -0.0956. The molecule has 1 fully saturated rings. The molecule has 0 aliphatic carbocycles. The number of carbonyl (C=O) groups excluding carboxylic acids is 1. The fourth-order valence-corrected chi connectivity index (χ4v) is 6.41. The molecule has 1 aliphatic rings. The van der Waals surface area contributed by atoms with Crippen molar-refractivity contribution in [3.05, 3.63) is 49.4 Å². The first-order chi connectivity index (χ1) is 14.8. The van der Waals surface area contributed by atoms with E-state index in [0.717, 1.165) is 18.2 Å². The lowest BCUT2D eigenvalue weighted by molar-refractivity contribution is -0.131. The second-order valence-electron chi connectivity index (χ2n) is 7.06. The van der Waals surface area contributed by atoms with Gasteiger partial charge < -0.3 is 14.6 Å². The van der Waals surface area contributed by atoms with Gasteiger partial charge in [-0.2, -0.15) is 0 Å². The Hall–Kier alpha value is -1.14. The van der Waals surface area contributed by atoms with Gasteiger partial charge in [0.15, 0.2) is 0 Å². The summed E-state index contributed by atoms with van der Waals surface area (Å²) in [7, 11) is 2.08. The van der Waals surface area contributed by atoms with Crippen molar-refractivity contribution in [2.75, 3.05) is 11.5 Å². The summed E-state index contributed by atoms with van der Waals surface area (Å²) in [6, 6.07) is 8.39. The Balaban J connectivity index is 1.69. The fraction of sp³-hybridized carbons (Fsp3) is 0.300. The van der Waals surface area contributed by atoms with Crippen LogP contribution in [0, 0.1) is 13.1 Å². The number of aromatic nitrogens is 2. The monoisotopic (exact) mass is 673 g/mol. The number of amides is 1. The third-order valence-corrected chi connectivity index (χ3v) is 7.32. The Morgan fingerprint density at radius 1 is 1.19 bits per heavy atom. The lowest BCUT2D eigenvalue weighted by Crippen LogP contribution is -2.58. The Labute approximate surface area is 206 Å². The highest BCUT2D eigenvalue weighted by Crippen LogP contribution is 2.50. The van der Waals surface area contributed by atoms with E-state index in [2.05, 4.69) is 64.4 Å². The highest BCUT2D eigenvalue weighted by Gasteiger charge is 2.53. The topological polar surface area (TPSA) is 58.2 Å². The molecule has 4 rings (SSSR count).